The molecule has 2 heterocycles. The first-order valence-electron chi connectivity index (χ1n) is 9.92. The van der Waals surface area contributed by atoms with Gasteiger partial charge in [0.1, 0.15) is 17.4 Å². The van der Waals surface area contributed by atoms with Crippen molar-refractivity contribution in [1.29, 1.82) is 0 Å². The number of aryl methyl sites for hydroxylation is 2. The number of carbonyl (C=O) groups excluding carboxylic acids is 1. The Kier molecular flexibility index (Phi) is 5.99. The number of anilines is 1. The van der Waals surface area contributed by atoms with Crippen molar-refractivity contribution in [2.75, 3.05) is 11.9 Å². The topological polar surface area (TPSA) is 69.0 Å². The molecule has 0 radical (unpaired) electrons. The van der Waals surface area contributed by atoms with Crippen LogP contribution >= 0.6 is 11.6 Å². The lowest BCUT2D eigenvalue weighted by Gasteiger charge is -2.11. The molecule has 8 heteroatoms. The van der Waals surface area contributed by atoms with Gasteiger partial charge in [0, 0.05) is 23.6 Å². The third-order valence-corrected chi connectivity index (χ3v) is 5.53. The first-order valence-corrected chi connectivity index (χ1v) is 10.3. The van der Waals surface area contributed by atoms with Crippen LogP contribution in [0.3, 0.4) is 0 Å². The van der Waals surface area contributed by atoms with Crippen LogP contribution in [0.25, 0.3) is 11.4 Å². The van der Waals surface area contributed by atoms with E-state index in [2.05, 4.69) is 20.1 Å². The Balaban J connectivity index is 1.48. The molecule has 0 atom stereocenters. The third-order valence-electron chi connectivity index (χ3n) is 5.11. The summed E-state index contributed by atoms with van der Waals surface area (Å²) >= 11 is 5.99. The van der Waals surface area contributed by atoms with Gasteiger partial charge in [-0.1, -0.05) is 18.0 Å². The fraction of sp³-hybridized carbons (Fsp3) is 0.318. The zero-order valence-corrected chi connectivity index (χ0v) is 17.4. The predicted octanol–water partition coefficient (Wildman–Crippen LogP) is 4.79. The van der Waals surface area contributed by atoms with Gasteiger partial charge in [-0.2, -0.15) is 0 Å². The molecule has 1 aromatic heterocycles. The van der Waals surface area contributed by atoms with Crippen LogP contribution in [0.4, 0.5) is 10.1 Å². The van der Waals surface area contributed by atoms with Gasteiger partial charge in [-0.25, -0.2) is 4.39 Å². The van der Waals surface area contributed by atoms with Crippen LogP contribution in [0.5, 0.6) is 5.75 Å². The minimum absolute atomic E-state index is 0.0827. The molecule has 0 unspecified atom stereocenters. The van der Waals surface area contributed by atoms with E-state index in [0.717, 1.165) is 43.6 Å². The highest BCUT2D eigenvalue weighted by Gasteiger charge is 2.18. The van der Waals surface area contributed by atoms with Crippen LogP contribution in [0.15, 0.2) is 36.4 Å². The minimum atomic E-state index is -0.523. The summed E-state index contributed by atoms with van der Waals surface area (Å²) in [6, 6.07) is 9.69. The lowest BCUT2D eigenvalue weighted by molar-refractivity contribution is -0.118. The maximum atomic E-state index is 14.3. The monoisotopic (exact) mass is 428 g/mol. The molecule has 0 spiro atoms. The summed E-state index contributed by atoms with van der Waals surface area (Å²) < 4.78 is 21.9. The number of rotatable bonds is 5. The smallest absolute Gasteiger partial charge is 0.262 e. The third kappa shape index (κ3) is 4.46. The van der Waals surface area contributed by atoms with E-state index in [1.54, 1.807) is 30.3 Å². The van der Waals surface area contributed by atoms with E-state index in [4.69, 9.17) is 16.3 Å². The Morgan fingerprint density at radius 2 is 2.07 bits per heavy atom. The maximum Gasteiger partial charge on any atom is 0.262 e. The average molecular weight is 429 g/mol. The highest BCUT2D eigenvalue weighted by Crippen LogP contribution is 2.27. The number of carbonyl (C=O) groups is 1. The molecule has 0 aliphatic carbocycles. The SMILES string of the molecule is Cc1cc(OCC(=O)Nc2cc(-c3nnc4n3CCCCC4)ccc2F)ccc1Cl. The second-order valence-corrected chi connectivity index (χ2v) is 7.75. The number of nitrogens with one attached hydrogen (secondary N) is 1. The quantitative estimate of drug-likeness (QED) is 0.634. The van der Waals surface area contributed by atoms with Crippen molar-refractivity contribution in [2.24, 2.45) is 0 Å². The molecule has 0 bridgehead atoms. The molecule has 30 heavy (non-hydrogen) atoms. The van der Waals surface area contributed by atoms with Gasteiger partial charge in [-0.3, -0.25) is 4.79 Å². The molecule has 2 aromatic carbocycles. The first-order chi connectivity index (χ1) is 14.5. The highest BCUT2D eigenvalue weighted by molar-refractivity contribution is 6.31. The second kappa shape index (κ2) is 8.83. The fourth-order valence-corrected chi connectivity index (χ4v) is 3.62. The summed E-state index contributed by atoms with van der Waals surface area (Å²) in [5, 5.41) is 11.8. The zero-order chi connectivity index (χ0) is 21.1. The van der Waals surface area contributed by atoms with Crippen molar-refractivity contribution in [3.8, 4) is 17.1 Å². The lowest BCUT2D eigenvalue weighted by atomic mass is 10.1. The Labute approximate surface area is 179 Å². The first kappa shape index (κ1) is 20.3. The molecule has 0 fully saturated rings. The van der Waals surface area contributed by atoms with Gasteiger partial charge in [0.2, 0.25) is 0 Å². The summed E-state index contributed by atoms with van der Waals surface area (Å²) in [7, 11) is 0. The normalized spacial score (nSPS) is 13.4. The molecule has 1 aliphatic heterocycles. The van der Waals surface area contributed by atoms with Crippen LogP contribution in [0.1, 0.15) is 30.7 Å². The van der Waals surface area contributed by atoms with Gasteiger partial charge in [-0.15, -0.1) is 10.2 Å². The van der Waals surface area contributed by atoms with Crippen LogP contribution in [-0.4, -0.2) is 27.3 Å². The average Bonchev–Trinajstić information content (AvgIpc) is 2.98. The zero-order valence-electron chi connectivity index (χ0n) is 16.6. The van der Waals surface area contributed by atoms with E-state index in [9.17, 15) is 9.18 Å². The molecular formula is C22H22ClFN4O2. The van der Waals surface area contributed by atoms with Gasteiger partial charge in [0.15, 0.2) is 12.4 Å². The van der Waals surface area contributed by atoms with Crippen molar-refractivity contribution >= 4 is 23.2 Å². The largest absolute Gasteiger partial charge is 0.484 e. The van der Waals surface area contributed by atoms with Gasteiger partial charge < -0.3 is 14.6 Å². The molecule has 1 N–H and O–H groups in total. The molecule has 1 amide bonds. The van der Waals surface area contributed by atoms with E-state index in [-0.39, 0.29) is 12.3 Å². The number of fused-ring (bicyclic) bond motifs is 1. The Hall–Kier alpha value is -2.93. The van der Waals surface area contributed by atoms with Gasteiger partial charge in [-0.05, 0) is 61.7 Å². The van der Waals surface area contributed by atoms with E-state index in [1.807, 2.05) is 6.92 Å². The predicted molar refractivity (Wildman–Crippen MR) is 113 cm³/mol. The standard InChI is InChI=1S/C22H22ClFN4O2/c1-14-11-16(7-8-17(14)23)30-13-21(29)25-19-12-15(6-9-18(19)24)22-27-26-20-5-3-2-4-10-28(20)22/h6-9,11-12H,2-5,10,13H2,1H3,(H,25,29). The van der Waals surface area contributed by atoms with Gasteiger partial charge in [0.05, 0.1) is 5.69 Å². The summed E-state index contributed by atoms with van der Waals surface area (Å²) in [4.78, 5) is 12.3. The van der Waals surface area contributed by atoms with Crippen molar-refractivity contribution in [3.05, 3.63) is 58.6 Å². The van der Waals surface area contributed by atoms with E-state index in [0.29, 0.717) is 22.2 Å². The number of nitrogens with zero attached hydrogens (tertiary/aromatic N) is 3. The van der Waals surface area contributed by atoms with E-state index < -0.39 is 11.7 Å². The van der Waals surface area contributed by atoms with Crippen LogP contribution in [-0.2, 0) is 17.8 Å². The number of ether oxygens (including phenoxy) is 1. The van der Waals surface area contributed by atoms with Gasteiger partial charge >= 0.3 is 0 Å². The Morgan fingerprint density at radius 3 is 2.90 bits per heavy atom. The van der Waals surface area contributed by atoms with Crippen LogP contribution < -0.4 is 10.1 Å². The number of hydrogen-bond donors (Lipinski definition) is 1. The van der Waals surface area contributed by atoms with Crippen molar-refractivity contribution in [3.63, 3.8) is 0 Å². The summed E-state index contributed by atoms with van der Waals surface area (Å²) in [6.45, 7) is 2.44. The van der Waals surface area contributed by atoms with Crippen LogP contribution in [0, 0.1) is 12.7 Å². The molecule has 156 valence electrons. The summed E-state index contributed by atoms with van der Waals surface area (Å²) in [6.07, 6.45) is 4.19. The van der Waals surface area contributed by atoms with Crippen molar-refractivity contribution in [2.45, 2.75) is 39.2 Å². The van der Waals surface area contributed by atoms with Crippen LogP contribution in [0.2, 0.25) is 5.02 Å². The summed E-state index contributed by atoms with van der Waals surface area (Å²) in [5.74, 6) is 1.18. The molecule has 3 aromatic rings. The van der Waals surface area contributed by atoms with Crippen molar-refractivity contribution in [1.82, 2.24) is 14.8 Å². The maximum absolute atomic E-state index is 14.3. The van der Waals surface area contributed by atoms with E-state index >= 15 is 0 Å². The second-order valence-electron chi connectivity index (χ2n) is 7.34. The number of hydrogen-bond acceptors (Lipinski definition) is 4. The molecule has 0 saturated heterocycles. The molecule has 6 nitrogen and oxygen atoms in total. The summed E-state index contributed by atoms with van der Waals surface area (Å²) in [5.41, 5.74) is 1.64. The highest BCUT2D eigenvalue weighted by atomic mass is 35.5. The molecule has 1 aliphatic rings. The number of aromatic nitrogens is 3. The number of amides is 1. The van der Waals surface area contributed by atoms with Crippen molar-refractivity contribution < 1.29 is 13.9 Å². The minimum Gasteiger partial charge on any atom is -0.484 e. The van der Waals surface area contributed by atoms with Gasteiger partial charge in [0.25, 0.3) is 5.91 Å². The fourth-order valence-electron chi connectivity index (χ4n) is 3.50. The Morgan fingerprint density at radius 1 is 1.20 bits per heavy atom. The molecular weight excluding hydrogens is 407 g/mol. The Bertz CT molecular complexity index is 1080. The molecule has 0 saturated carbocycles. The number of halogens is 2. The van der Waals surface area contributed by atoms with E-state index in [1.165, 1.54) is 6.07 Å². The lowest BCUT2D eigenvalue weighted by Crippen LogP contribution is -2.21. The molecule has 4 rings (SSSR count). The number of benzene rings is 2.